The van der Waals surface area contributed by atoms with Crippen LogP contribution < -0.4 is 5.32 Å². The van der Waals surface area contributed by atoms with Crippen LogP contribution in [0.15, 0.2) is 55.2 Å². The predicted octanol–water partition coefficient (Wildman–Crippen LogP) is 3.44. The van der Waals surface area contributed by atoms with Crippen molar-refractivity contribution < 1.29 is 0 Å². The van der Waals surface area contributed by atoms with Gasteiger partial charge in [0.1, 0.15) is 24.3 Å². The predicted molar refractivity (Wildman–Crippen MR) is 97.7 cm³/mol. The van der Waals surface area contributed by atoms with Gasteiger partial charge in [0.2, 0.25) is 0 Å². The smallest absolute Gasteiger partial charge is 0.143 e. The van der Waals surface area contributed by atoms with Crippen molar-refractivity contribution in [3.63, 3.8) is 0 Å². The van der Waals surface area contributed by atoms with Crippen LogP contribution in [0, 0.1) is 13.8 Å². The van der Waals surface area contributed by atoms with Gasteiger partial charge >= 0.3 is 0 Å². The summed E-state index contributed by atoms with van der Waals surface area (Å²) in [4.78, 5) is 17.6. The Morgan fingerprint density at radius 3 is 2.76 bits per heavy atom. The highest BCUT2D eigenvalue weighted by atomic mass is 15.1. The fourth-order valence-electron chi connectivity index (χ4n) is 2.81. The van der Waals surface area contributed by atoms with Crippen molar-refractivity contribution in [1.29, 1.82) is 0 Å². The zero-order chi connectivity index (χ0) is 17.2. The molecule has 0 saturated carbocycles. The summed E-state index contributed by atoms with van der Waals surface area (Å²) in [5, 5.41) is 3.40. The van der Waals surface area contributed by atoms with Gasteiger partial charge in [0.25, 0.3) is 0 Å². The molecule has 4 aromatic rings. The number of benzene rings is 1. The van der Waals surface area contributed by atoms with Crippen LogP contribution in [-0.2, 0) is 6.54 Å². The molecule has 3 heterocycles. The van der Waals surface area contributed by atoms with Gasteiger partial charge in [0.15, 0.2) is 0 Å². The standard InChI is InChI=1S/C19H18N6/c1-13-14(2)22-11-23-18(13)21-10-15-6-5-9-20-19(15)25-12-24-16-7-3-4-8-17(16)25/h3-9,11-12H,10H2,1-2H3,(H,21,22,23). The van der Waals surface area contributed by atoms with Gasteiger partial charge in [-0.2, -0.15) is 0 Å². The number of aryl methyl sites for hydroxylation is 1. The first-order valence-electron chi connectivity index (χ1n) is 8.12. The van der Waals surface area contributed by atoms with Gasteiger partial charge in [0.05, 0.1) is 11.0 Å². The summed E-state index contributed by atoms with van der Waals surface area (Å²) in [7, 11) is 0. The summed E-state index contributed by atoms with van der Waals surface area (Å²) in [6.45, 7) is 4.62. The molecule has 0 fully saturated rings. The zero-order valence-corrected chi connectivity index (χ0v) is 14.1. The Kier molecular flexibility index (Phi) is 3.85. The van der Waals surface area contributed by atoms with E-state index in [9.17, 15) is 0 Å². The first kappa shape index (κ1) is 15.3. The van der Waals surface area contributed by atoms with Crippen molar-refractivity contribution in [2.75, 3.05) is 5.32 Å². The van der Waals surface area contributed by atoms with E-state index in [-0.39, 0.29) is 0 Å². The first-order valence-corrected chi connectivity index (χ1v) is 8.12. The number of nitrogens with zero attached hydrogens (tertiary/aromatic N) is 5. The number of rotatable bonds is 4. The number of hydrogen-bond acceptors (Lipinski definition) is 5. The number of aromatic nitrogens is 5. The largest absolute Gasteiger partial charge is 0.366 e. The molecule has 3 aromatic heterocycles. The second-order valence-corrected chi connectivity index (χ2v) is 5.88. The van der Waals surface area contributed by atoms with E-state index in [1.54, 1.807) is 12.5 Å². The van der Waals surface area contributed by atoms with Gasteiger partial charge in [-0.15, -0.1) is 0 Å². The molecule has 0 spiro atoms. The van der Waals surface area contributed by atoms with E-state index in [1.165, 1.54) is 0 Å². The van der Waals surface area contributed by atoms with Crippen LogP contribution in [0.5, 0.6) is 0 Å². The van der Waals surface area contributed by atoms with Crippen molar-refractivity contribution in [2.24, 2.45) is 0 Å². The lowest BCUT2D eigenvalue weighted by Gasteiger charge is -2.13. The van der Waals surface area contributed by atoms with E-state index in [0.717, 1.165) is 39.5 Å². The summed E-state index contributed by atoms with van der Waals surface area (Å²) in [5.41, 5.74) is 5.10. The summed E-state index contributed by atoms with van der Waals surface area (Å²) >= 11 is 0. The molecule has 25 heavy (non-hydrogen) atoms. The van der Waals surface area contributed by atoms with Crippen molar-refractivity contribution in [3.8, 4) is 5.82 Å². The topological polar surface area (TPSA) is 68.5 Å². The maximum Gasteiger partial charge on any atom is 0.143 e. The van der Waals surface area contributed by atoms with Crippen LogP contribution in [0.2, 0.25) is 0 Å². The van der Waals surface area contributed by atoms with Gasteiger partial charge < -0.3 is 5.32 Å². The van der Waals surface area contributed by atoms with Gasteiger partial charge in [0, 0.05) is 29.6 Å². The van der Waals surface area contributed by atoms with Gasteiger partial charge in [-0.3, -0.25) is 4.57 Å². The molecule has 6 nitrogen and oxygen atoms in total. The lowest BCUT2D eigenvalue weighted by Crippen LogP contribution is -2.09. The number of hydrogen-bond donors (Lipinski definition) is 1. The average molecular weight is 330 g/mol. The fraction of sp³-hybridized carbons (Fsp3) is 0.158. The number of fused-ring (bicyclic) bond motifs is 1. The van der Waals surface area contributed by atoms with Crippen LogP contribution >= 0.6 is 0 Å². The van der Waals surface area contributed by atoms with Crippen molar-refractivity contribution in [1.82, 2.24) is 24.5 Å². The third-order valence-corrected chi connectivity index (χ3v) is 4.33. The third kappa shape index (κ3) is 2.82. The fourth-order valence-corrected chi connectivity index (χ4v) is 2.81. The Hall–Kier alpha value is -3.28. The molecule has 1 N–H and O–H groups in total. The Bertz CT molecular complexity index is 1040. The molecule has 0 aliphatic carbocycles. The Morgan fingerprint density at radius 2 is 1.84 bits per heavy atom. The van der Waals surface area contributed by atoms with Gasteiger partial charge in [-0.05, 0) is 32.0 Å². The average Bonchev–Trinajstić information content (AvgIpc) is 3.07. The van der Waals surface area contributed by atoms with E-state index >= 15 is 0 Å². The van der Waals surface area contributed by atoms with Crippen molar-refractivity contribution in [2.45, 2.75) is 20.4 Å². The Balaban J connectivity index is 1.69. The Labute approximate surface area is 145 Å². The van der Waals surface area contributed by atoms with E-state index in [1.807, 2.05) is 55.1 Å². The van der Waals surface area contributed by atoms with E-state index in [0.29, 0.717) is 6.54 Å². The molecule has 0 unspecified atom stereocenters. The minimum absolute atomic E-state index is 0.618. The molecule has 6 heteroatoms. The maximum absolute atomic E-state index is 4.57. The number of pyridine rings is 1. The lowest BCUT2D eigenvalue weighted by molar-refractivity contribution is 0.960. The van der Waals surface area contributed by atoms with Crippen LogP contribution in [-0.4, -0.2) is 24.5 Å². The summed E-state index contributed by atoms with van der Waals surface area (Å²) < 4.78 is 2.02. The Morgan fingerprint density at radius 1 is 0.960 bits per heavy atom. The summed E-state index contributed by atoms with van der Waals surface area (Å²) in [5.74, 6) is 1.71. The molecule has 0 saturated heterocycles. The van der Waals surface area contributed by atoms with Gasteiger partial charge in [-0.25, -0.2) is 19.9 Å². The highest BCUT2D eigenvalue weighted by Crippen LogP contribution is 2.20. The summed E-state index contributed by atoms with van der Waals surface area (Å²) in [6, 6.07) is 12.0. The van der Waals surface area contributed by atoms with Crippen LogP contribution in [0.4, 0.5) is 5.82 Å². The molecular weight excluding hydrogens is 312 g/mol. The van der Waals surface area contributed by atoms with Crippen LogP contribution in [0.3, 0.4) is 0 Å². The van der Waals surface area contributed by atoms with Gasteiger partial charge in [-0.1, -0.05) is 18.2 Å². The van der Waals surface area contributed by atoms with Crippen molar-refractivity contribution in [3.05, 3.63) is 72.1 Å². The third-order valence-electron chi connectivity index (χ3n) is 4.33. The molecule has 4 rings (SSSR count). The molecule has 0 amide bonds. The first-order chi connectivity index (χ1) is 12.2. The molecule has 0 aliphatic rings. The van der Waals surface area contributed by atoms with E-state index in [2.05, 4.69) is 31.3 Å². The van der Waals surface area contributed by atoms with Crippen molar-refractivity contribution >= 4 is 16.9 Å². The molecule has 124 valence electrons. The highest BCUT2D eigenvalue weighted by molar-refractivity contribution is 5.77. The van der Waals surface area contributed by atoms with E-state index < -0.39 is 0 Å². The van der Waals surface area contributed by atoms with Crippen LogP contribution in [0.1, 0.15) is 16.8 Å². The number of imidazole rings is 1. The molecule has 0 bridgehead atoms. The maximum atomic E-state index is 4.57. The molecule has 1 aromatic carbocycles. The SMILES string of the molecule is Cc1ncnc(NCc2cccnc2-n2cnc3ccccc32)c1C. The lowest BCUT2D eigenvalue weighted by atomic mass is 10.2. The summed E-state index contributed by atoms with van der Waals surface area (Å²) in [6.07, 6.45) is 5.20. The molecule has 0 aliphatic heterocycles. The molecule has 0 atom stereocenters. The molecular formula is C19H18N6. The quantitative estimate of drug-likeness (QED) is 0.621. The zero-order valence-electron chi connectivity index (χ0n) is 14.1. The van der Waals surface area contributed by atoms with E-state index in [4.69, 9.17) is 0 Å². The monoisotopic (exact) mass is 330 g/mol. The minimum Gasteiger partial charge on any atom is -0.366 e. The highest BCUT2D eigenvalue weighted by Gasteiger charge is 2.10. The normalized spacial score (nSPS) is 11.0. The number of nitrogens with one attached hydrogen (secondary N) is 1. The van der Waals surface area contributed by atoms with Crippen LogP contribution in [0.25, 0.3) is 16.9 Å². The minimum atomic E-state index is 0.618. The number of anilines is 1. The second-order valence-electron chi connectivity index (χ2n) is 5.88. The number of para-hydroxylation sites is 2. The molecule has 0 radical (unpaired) electrons. The second kappa shape index (κ2) is 6.32.